The third-order valence-corrected chi connectivity index (χ3v) is 5.53. The Balaban J connectivity index is 1.77. The highest BCUT2D eigenvalue weighted by Gasteiger charge is 2.22. The molecule has 1 heterocycles. The standard InChI is InChI=1S/C24H30FNO5/c1-28-21-15-18(16-22(29-2)23(21)30-3)24(27)31-20(17-8-10-19(25)11-9-17)7-6-14-26-12-4-5-13-26/h8-11,15-16,20H,4-7,12-14H2,1-3H3. The molecule has 1 fully saturated rings. The number of nitrogens with zero attached hydrogens (tertiary/aromatic N) is 1. The zero-order valence-electron chi connectivity index (χ0n) is 18.4. The Morgan fingerprint density at radius 2 is 1.61 bits per heavy atom. The van der Waals surface area contributed by atoms with Crippen molar-refractivity contribution in [1.29, 1.82) is 0 Å². The molecule has 6 nitrogen and oxygen atoms in total. The van der Waals surface area contributed by atoms with Crippen LogP contribution in [0.5, 0.6) is 17.2 Å². The molecule has 0 bridgehead atoms. The van der Waals surface area contributed by atoms with Gasteiger partial charge < -0.3 is 23.8 Å². The summed E-state index contributed by atoms with van der Waals surface area (Å²) in [5.74, 6) is 0.329. The average Bonchev–Trinajstić information content (AvgIpc) is 3.31. The zero-order valence-corrected chi connectivity index (χ0v) is 18.4. The molecule has 7 heteroatoms. The first kappa shape index (κ1) is 22.9. The summed E-state index contributed by atoms with van der Waals surface area (Å²) in [7, 11) is 4.49. The number of halogens is 1. The minimum atomic E-state index is -0.505. The smallest absolute Gasteiger partial charge is 0.339 e. The monoisotopic (exact) mass is 431 g/mol. The second kappa shape index (κ2) is 11.0. The van der Waals surface area contributed by atoms with Crippen molar-refractivity contribution in [3.63, 3.8) is 0 Å². The van der Waals surface area contributed by atoms with Crippen molar-refractivity contribution in [2.45, 2.75) is 31.8 Å². The van der Waals surface area contributed by atoms with E-state index in [1.165, 1.54) is 46.3 Å². The number of rotatable bonds is 10. The third-order valence-electron chi connectivity index (χ3n) is 5.53. The molecule has 0 amide bonds. The van der Waals surface area contributed by atoms with Crippen LogP contribution in [0.3, 0.4) is 0 Å². The number of esters is 1. The fourth-order valence-electron chi connectivity index (χ4n) is 3.87. The molecule has 2 aromatic carbocycles. The van der Waals surface area contributed by atoms with Gasteiger partial charge in [-0.25, -0.2) is 9.18 Å². The maximum atomic E-state index is 13.4. The van der Waals surface area contributed by atoms with Gasteiger partial charge >= 0.3 is 5.97 Å². The molecule has 0 spiro atoms. The Morgan fingerprint density at radius 3 is 2.16 bits per heavy atom. The molecule has 1 aliphatic heterocycles. The Labute approximate surface area is 182 Å². The summed E-state index contributed by atoms with van der Waals surface area (Å²) in [6.45, 7) is 3.19. The second-order valence-corrected chi connectivity index (χ2v) is 7.55. The van der Waals surface area contributed by atoms with Crippen LogP contribution in [0.4, 0.5) is 4.39 Å². The predicted octanol–water partition coefficient (Wildman–Crippen LogP) is 4.63. The molecule has 1 aliphatic rings. The van der Waals surface area contributed by atoms with Crippen molar-refractivity contribution in [2.75, 3.05) is 41.0 Å². The van der Waals surface area contributed by atoms with Crippen LogP contribution in [0.15, 0.2) is 36.4 Å². The van der Waals surface area contributed by atoms with Crippen LogP contribution >= 0.6 is 0 Å². The molecule has 1 saturated heterocycles. The van der Waals surface area contributed by atoms with Crippen molar-refractivity contribution in [2.24, 2.45) is 0 Å². The minimum Gasteiger partial charge on any atom is -0.493 e. The lowest BCUT2D eigenvalue weighted by Gasteiger charge is -2.21. The van der Waals surface area contributed by atoms with Crippen molar-refractivity contribution < 1.29 is 28.1 Å². The van der Waals surface area contributed by atoms with E-state index in [0.29, 0.717) is 29.2 Å². The van der Waals surface area contributed by atoms with E-state index in [9.17, 15) is 9.18 Å². The summed E-state index contributed by atoms with van der Waals surface area (Å²) in [6, 6.07) is 9.23. The van der Waals surface area contributed by atoms with E-state index in [1.807, 2.05) is 0 Å². The van der Waals surface area contributed by atoms with Crippen LogP contribution in [0, 0.1) is 5.82 Å². The van der Waals surface area contributed by atoms with Gasteiger partial charge in [-0.1, -0.05) is 12.1 Å². The predicted molar refractivity (Wildman–Crippen MR) is 116 cm³/mol. The molecule has 1 atom stereocenters. The topological polar surface area (TPSA) is 57.2 Å². The summed E-state index contributed by atoms with van der Waals surface area (Å²) in [5.41, 5.74) is 1.06. The summed E-state index contributed by atoms with van der Waals surface area (Å²) in [4.78, 5) is 15.4. The SMILES string of the molecule is COc1cc(C(=O)OC(CCCN2CCCC2)c2ccc(F)cc2)cc(OC)c1OC. The van der Waals surface area contributed by atoms with Gasteiger partial charge in [-0.15, -0.1) is 0 Å². The molecule has 3 rings (SSSR count). The van der Waals surface area contributed by atoms with Crippen LogP contribution in [-0.2, 0) is 4.74 Å². The number of hydrogen-bond donors (Lipinski definition) is 0. The fourth-order valence-corrected chi connectivity index (χ4v) is 3.87. The van der Waals surface area contributed by atoms with E-state index >= 15 is 0 Å². The summed E-state index contributed by atoms with van der Waals surface area (Å²) >= 11 is 0. The van der Waals surface area contributed by atoms with Crippen molar-refractivity contribution in [3.8, 4) is 17.2 Å². The van der Waals surface area contributed by atoms with E-state index in [4.69, 9.17) is 18.9 Å². The van der Waals surface area contributed by atoms with Gasteiger partial charge in [-0.05, 0) is 75.1 Å². The molecule has 31 heavy (non-hydrogen) atoms. The first-order valence-electron chi connectivity index (χ1n) is 10.5. The molecular weight excluding hydrogens is 401 g/mol. The minimum absolute atomic E-state index is 0.293. The number of methoxy groups -OCH3 is 3. The molecule has 2 aromatic rings. The quantitative estimate of drug-likeness (QED) is 0.512. The van der Waals surface area contributed by atoms with Gasteiger partial charge in [0.25, 0.3) is 0 Å². The van der Waals surface area contributed by atoms with E-state index in [-0.39, 0.29) is 5.82 Å². The lowest BCUT2D eigenvalue weighted by molar-refractivity contribution is 0.0266. The fraction of sp³-hybridized carbons (Fsp3) is 0.458. The molecule has 0 saturated carbocycles. The van der Waals surface area contributed by atoms with E-state index in [1.54, 1.807) is 24.3 Å². The van der Waals surface area contributed by atoms with Crippen LogP contribution in [-0.4, -0.2) is 51.8 Å². The lowest BCUT2D eigenvalue weighted by atomic mass is 10.0. The van der Waals surface area contributed by atoms with Gasteiger partial charge in [-0.3, -0.25) is 0 Å². The van der Waals surface area contributed by atoms with Gasteiger partial charge in [0.2, 0.25) is 5.75 Å². The Bertz CT molecular complexity index is 840. The van der Waals surface area contributed by atoms with E-state index in [0.717, 1.165) is 31.6 Å². The van der Waals surface area contributed by atoms with Gasteiger partial charge in [0.1, 0.15) is 11.9 Å². The van der Waals surface area contributed by atoms with E-state index in [2.05, 4.69) is 4.90 Å². The molecular formula is C24H30FNO5. The van der Waals surface area contributed by atoms with Crippen LogP contribution in [0.2, 0.25) is 0 Å². The molecule has 0 aliphatic carbocycles. The Morgan fingerprint density at radius 1 is 1.00 bits per heavy atom. The first-order chi connectivity index (χ1) is 15.0. The molecule has 168 valence electrons. The van der Waals surface area contributed by atoms with Crippen molar-refractivity contribution in [1.82, 2.24) is 4.90 Å². The molecule has 0 aromatic heterocycles. The number of carbonyl (C=O) groups excluding carboxylic acids is 1. The molecule has 0 N–H and O–H groups in total. The largest absolute Gasteiger partial charge is 0.493 e. The Kier molecular flexibility index (Phi) is 8.12. The first-order valence-corrected chi connectivity index (χ1v) is 10.5. The highest BCUT2D eigenvalue weighted by molar-refractivity contribution is 5.91. The lowest BCUT2D eigenvalue weighted by Crippen LogP contribution is -2.21. The second-order valence-electron chi connectivity index (χ2n) is 7.55. The Hall–Kier alpha value is -2.80. The summed E-state index contributed by atoms with van der Waals surface area (Å²) in [6.07, 6.45) is 3.52. The number of benzene rings is 2. The number of ether oxygens (including phenoxy) is 4. The average molecular weight is 432 g/mol. The van der Waals surface area contributed by atoms with Gasteiger partial charge in [-0.2, -0.15) is 0 Å². The van der Waals surface area contributed by atoms with Gasteiger partial charge in [0.15, 0.2) is 11.5 Å². The summed E-state index contributed by atoms with van der Waals surface area (Å²) < 4.78 is 35.3. The maximum absolute atomic E-state index is 13.4. The van der Waals surface area contributed by atoms with Crippen molar-refractivity contribution in [3.05, 3.63) is 53.3 Å². The normalized spacial score (nSPS) is 14.8. The number of carbonyl (C=O) groups is 1. The molecule has 0 radical (unpaired) electrons. The highest BCUT2D eigenvalue weighted by atomic mass is 19.1. The third kappa shape index (κ3) is 5.88. The zero-order chi connectivity index (χ0) is 22.2. The highest BCUT2D eigenvalue weighted by Crippen LogP contribution is 2.39. The van der Waals surface area contributed by atoms with Crippen LogP contribution in [0.25, 0.3) is 0 Å². The van der Waals surface area contributed by atoms with Crippen LogP contribution < -0.4 is 14.2 Å². The number of likely N-dealkylation sites (tertiary alicyclic amines) is 1. The van der Waals surface area contributed by atoms with Crippen LogP contribution in [0.1, 0.15) is 47.7 Å². The maximum Gasteiger partial charge on any atom is 0.339 e. The van der Waals surface area contributed by atoms with Gasteiger partial charge in [0.05, 0.1) is 26.9 Å². The van der Waals surface area contributed by atoms with Crippen molar-refractivity contribution >= 4 is 5.97 Å². The van der Waals surface area contributed by atoms with E-state index < -0.39 is 12.1 Å². The molecule has 1 unspecified atom stereocenters. The number of hydrogen-bond acceptors (Lipinski definition) is 6. The van der Waals surface area contributed by atoms with Gasteiger partial charge in [0, 0.05) is 0 Å². The summed E-state index contributed by atoms with van der Waals surface area (Å²) in [5, 5.41) is 0.